The van der Waals surface area contributed by atoms with E-state index in [0.717, 1.165) is 45.2 Å². The van der Waals surface area contributed by atoms with Crippen LogP contribution in [-0.2, 0) is 0 Å². The van der Waals surface area contributed by atoms with Gasteiger partial charge in [0.25, 0.3) is 0 Å². The number of hydrogen-bond donors (Lipinski definition) is 3. The van der Waals surface area contributed by atoms with Gasteiger partial charge in [0.05, 0.1) is 6.10 Å². The van der Waals surface area contributed by atoms with Crippen molar-refractivity contribution in [2.45, 2.75) is 56.7 Å². The van der Waals surface area contributed by atoms with Crippen molar-refractivity contribution in [2.24, 2.45) is 5.73 Å². The molecular weight excluding hydrogens is 218 g/mol. The Balaban J connectivity index is 1.75. The lowest BCUT2D eigenvalue weighted by Crippen LogP contribution is -2.52. The average Bonchev–Trinajstić information content (AvgIpc) is 2.33. The number of nitrogens with one attached hydrogen (secondary N) is 1. The first-order valence-electron chi connectivity index (χ1n) is 6.65. The summed E-state index contributed by atoms with van der Waals surface area (Å²) < 4.78 is 0. The molecule has 17 heavy (non-hydrogen) atoms. The number of likely N-dealkylation sites (tertiary alicyclic amines) is 1. The first-order chi connectivity index (χ1) is 8.16. The third-order valence-corrected chi connectivity index (χ3v) is 3.99. The number of primary amides is 1. The fraction of sp³-hybridized carbons (Fsp3) is 0.917. The van der Waals surface area contributed by atoms with E-state index in [-0.39, 0.29) is 18.2 Å². The Kier molecular flexibility index (Phi) is 4.23. The SMILES string of the molecule is NC(=O)N1CCC(NC2CCCCC2O)CC1. The third kappa shape index (κ3) is 3.33. The summed E-state index contributed by atoms with van der Waals surface area (Å²) in [7, 11) is 0. The maximum atomic E-state index is 11.0. The maximum Gasteiger partial charge on any atom is 0.314 e. The summed E-state index contributed by atoms with van der Waals surface area (Å²) in [4.78, 5) is 12.7. The second-order valence-electron chi connectivity index (χ2n) is 5.22. The summed E-state index contributed by atoms with van der Waals surface area (Å²) in [5.74, 6) is 0. The van der Waals surface area contributed by atoms with Crippen LogP contribution in [0.1, 0.15) is 38.5 Å². The standard InChI is InChI=1S/C12H23N3O2/c13-12(17)15-7-5-9(6-8-15)14-10-3-1-2-4-11(10)16/h9-11,14,16H,1-8H2,(H2,13,17). The molecular formula is C12H23N3O2. The Morgan fingerprint density at radius 3 is 2.41 bits per heavy atom. The molecule has 0 aromatic carbocycles. The molecule has 98 valence electrons. The van der Waals surface area contributed by atoms with Crippen molar-refractivity contribution in [1.82, 2.24) is 10.2 Å². The fourth-order valence-electron chi connectivity index (χ4n) is 2.87. The van der Waals surface area contributed by atoms with Crippen LogP contribution < -0.4 is 11.1 Å². The number of nitrogens with two attached hydrogens (primary N) is 1. The average molecular weight is 241 g/mol. The monoisotopic (exact) mass is 241 g/mol. The number of carbonyl (C=O) groups excluding carboxylic acids is 1. The highest BCUT2D eigenvalue weighted by atomic mass is 16.3. The summed E-state index contributed by atoms with van der Waals surface area (Å²) in [6.45, 7) is 1.46. The van der Waals surface area contributed by atoms with E-state index in [0.29, 0.717) is 6.04 Å². The van der Waals surface area contributed by atoms with Gasteiger partial charge in [-0.3, -0.25) is 0 Å². The molecule has 1 aliphatic carbocycles. The van der Waals surface area contributed by atoms with Crippen LogP contribution in [0.2, 0.25) is 0 Å². The highest BCUT2D eigenvalue weighted by Gasteiger charge is 2.27. The Morgan fingerprint density at radius 1 is 1.18 bits per heavy atom. The molecule has 2 fully saturated rings. The van der Waals surface area contributed by atoms with Crippen molar-refractivity contribution < 1.29 is 9.90 Å². The Hall–Kier alpha value is -0.810. The molecule has 0 aromatic heterocycles. The number of carbonyl (C=O) groups is 1. The van der Waals surface area contributed by atoms with Crippen LogP contribution >= 0.6 is 0 Å². The molecule has 2 atom stereocenters. The van der Waals surface area contributed by atoms with Crippen LogP contribution in [0.5, 0.6) is 0 Å². The molecule has 2 amide bonds. The van der Waals surface area contributed by atoms with E-state index >= 15 is 0 Å². The van der Waals surface area contributed by atoms with Crippen molar-refractivity contribution in [3.63, 3.8) is 0 Å². The fourth-order valence-corrected chi connectivity index (χ4v) is 2.87. The summed E-state index contributed by atoms with van der Waals surface area (Å²) in [6, 6.07) is 0.346. The van der Waals surface area contributed by atoms with E-state index in [1.165, 1.54) is 6.42 Å². The highest BCUT2D eigenvalue weighted by Crippen LogP contribution is 2.20. The van der Waals surface area contributed by atoms with Gasteiger partial charge in [-0.15, -0.1) is 0 Å². The number of rotatable bonds is 2. The third-order valence-electron chi connectivity index (χ3n) is 3.99. The van der Waals surface area contributed by atoms with Gasteiger partial charge in [-0.25, -0.2) is 4.79 Å². The molecule has 0 spiro atoms. The van der Waals surface area contributed by atoms with Crippen LogP contribution in [0, 0.1) is 0 Å². The highest BCUT2D eigenvalue weighted by molar-refractivity contribution is 5.72. The van der Waals surface area contributed by atoms with Gasteiger partial charge in [0.1, 0.15) is 0 Å². The zero-order chi connectivity index (χ0) is 12.3. The number of hydrogen-bond acceptors (Lipinski definition) is 3. The summed E-state index contributed by atoms with van der Waals surface area (Å²) in [5, 5.41) is 13.4. The van der Waals surface area contributed by atoms with E-state index in [9.17, 15) is 9.90 Å². The molecule has 5 nitrogen and oxygen atoms in total. The van der Waals surface area contributed by atoms with E-state index in [2.05, 4.69) is 5.32 Å². The van der Waals surface area contributed by atoms with Gasteiger partial charge >= 0.3 is 6.03 Å². The number of amides is 2. The minimum atomic E-state index is -0.318. The Labute approximate surface area is 102 Å². The first-order valence-corrected chi connectivity index (χ1v) is 6.65. The van der Waals surface area contributed by atoms with Crippen LogP contribution in [0.4, 0.5) is 4.79 Å². The van der Waals surface area contributed by atoms with Crippen molar-refractivity contribution in [2.75, 3.05) is 13.1 Å². The summed E-state index contributed by atoms with van der Waals surface area (Å²) >= 11 is 0. The summed E-state index contributed by atoms with van der Waals surface area (Å²) in [5.41, 5.74) is 5.25. The lowest BCUT2D eigenvalue weighted by atomic mass is 9.91. The lowest BCUT2D eigenvalue weighted by Gasteiger charge is -2.36. The van der Waals surface area contributed by atoms with Crippen LogP contribution in [0.25, 0.3) is 0 Å². The van der Waals surface area contributed by atoms with Gasteiger partial charge in [-0.1, -0.05) is 12.8 Å². The van der Waals surface area contributed by atoms with Gasteiger partial charge in [0, 0.05) is 25.2 Å². The van der Waals surface area contributed by atoms with Crippen LogP contribution in [0.3, 0.4) is 0 Å². The number of urea groups is 1. The van der Waals surface area contributed by atoms with Gasteiger partial charge in [0.15, 0.2) is 0 Å². The zero-order valence-electron chi connectivity index (χ0n) is 10.3. The van der Waals surface area contributed by atoms with Gasteiger partial charge in [-0.05, 0) is 25.7 Å². The zero-order valence-corrected chi connectivity index (χ0v) is 10.3. The van der Waals surface area contributed by atoms with E-state index in [4.69, 9.17) is 5.73 Å². The smallest absolute Gasteiger partial charge is 0.314 e. The van der Waals surface area contributed by atoms with Crippen LogP contribution in [-0.4, -0.2) is 47.3 Å². The molecule has 2 unspecified atom stereocenters. The molecule has 0 radical (unpaired) electrons. The predicted molar refractivity (Wildman–Crippen MR) is 65.6 cm³/mol. The minimum Gasteiger partial charge on any atom is -0.392 e. The second-order valence-corrected chi connectivity index (χ2v) is 5.22. The van der Waals surface area contributed by atoms with Crippen molar-refractivity contribution in [1.29, 1.82) is 0 Å². The molecule has 1 aliphatic heterocycles. The number of aliphatic hydroxyl groups excluding tert-OH is 1. The molecule has 1 saturated heterocycles. The number of aliphatic hydroxyl groups is 1. The van der Waals surface area contributed by atoms with Crippen LogP contribution in [0.15, 0.2) is 0 Å². The maximum absolute atomic E-state index is 11.0. The van der Waals surface area contributed by atoms with E-state index < -0.39 is 0 Å². The van der Waals surface area contributed by atoms with E-state index in [1.807, 2.05) is 0 Å². The molecule has 2 aliphatic rings. The van der Waals surface area contributed by atoms with Gasteiger partial charge < -0.3 is 21.1 Å². The topological polar surface area (TPSA) is 78.6 Å². The van der Waals surface area contributed by atoms with E-state index in [1.54, 1.807) is 4.90 Å². The second kappa shape index (κ2) is 5.69. The van der Waals surface area contributed by atoms with Crippen molar-refractivity contribution >= 4 is 6.03 Å². The number of nitrogens with zero attached hydrogens (tertiary/aromatic N) is 1. The normalized spacial score (nSPS) is 31.5. The molecule has 5 heteroatoms. The van der Waals surface area contributed by atoms with Crippen molar-refractivity contribution in [3.8, 4) is 0 Å². The Morgan fingerprint density at radius 2 is 1.82 bits per heavy atom. The van der Waals surface area contributed by atoms with Gasteiger partial charge in [0.2, 0.25) is 0 Å². The number of piperidine rings is 1. The molecule has 4 N–H and O–H groups in total. The molecule has 1 saturated carbocycles. The predicted octanol–water partition coefficient (Wildman–Crippen LogP) is 0.423. The largest absolute Gasteiger partial charge is 0.392 e. The molecule has 0 bridgehead atoms. The minimum absolute atomic E-state index is 0.196. The first kappa shape index (κ1) is 12.6. The van der Waals surface area contributed by atoms with Crippen molar-refractivity contribution in [3.05, 3.63) is 0 Å². The molecule has 1 heterocycles. The lowest BCUT2D eigenvalue weighted by molar-refractivity contribution is 0.0784. The molecule has 2 rings (SSSR count). The summed E-state index contributed by atoms with van der Waals surface area (Å²) in [6.07, 6.45) is 6.00. The molecule has 0 aromatic rings. The quantitative estimate of drug-likeness (QED) is 0.655. The Bertz CT molecular complexity index is 264. The van der Waals surface area contributed by atoms with Gasteiger partial charge in [-0.2, -0.15) is 0 Å².